The minimum Gasteiger partial charge on any atom is -0.308 e. The van der Waals surface area contributed by atoms with Gasteiger partial charge in [0.05, 0.1) is 50.6 Å². The van der Waals surface area contributed by atoms with Crippen molar-refractivity contribution in [2.24, 2.45) is 0 Å². The Bertz CT molecular complexity index is 2470. The van der Waals surface area contributed by atoms with Gasteiger partial charge in [-0.1, -0.05) is 66.7 Å². The van der Waals surface area contributed by atoms with Crippen LogP contribution in [0.3, 0.4) is 0 Å². The molecule has 47 heavy (non-hydrogen) atoms. The van der Waals surface area contributed by atoms with Crippen molar-refractivity contribution < 1.29 is 13.2 Å². The molecule has 0 bridgehead atoms. The Morgan fingerprint density at radius 1 is 0.532 bits per heavy atom. The molecule has 8 aromatic rings. The minimum atomic E-state index is -4.54. The van der Waals surface area contributed by atoms with Crippen LogP contribution in [0.25, 0.3) is 66.1 Å². The molecule has 0 aliphatic heterocycles. The summed E-state index contributed by atoms with van der Waals surface area (Å²) in [5.74, 6) is 0. The highest BCUT2D eigenvalue weighted by molar-refractivity contribution is 6.12. The lowest BCUT2D eigenvalue weighted by Crippen LogP contribution is -2.08. The number of para-hydroxylation sites is 2. The van der Waals surface area contributed by atoms with Gasteiger partial charge in [0.2, 0.25) is 0 Å². The number of alkyl halides is 3. The summed E-state index contributed by atoms with van der Waals surface area (Å²) in [7, 11) is 0. The third-order valence-corrected chi connectivity index (χ3v) is 9.06. The number of nitrogens with zero attached hydrogens (tertiary/aromatic N) is 3. The van der Waals surface area contributed by atoms with E-state index in [0.29, 0.717) is 33.6 Å². The number of hydrogen-bond acceptors (Lipinski definition) is 1. The molecule has 6 aromatic carbocycles. The average molecular weight is 620 g/mol. The molecule has 2 aromatic heterocycles. The van der Waals surface area contributed by atoms with E-state index in [-0.39, 0.29) is 0 Å². The van der Waals surface area contributed by atoms with Crippen LogP contribution in [-0.4, -0.2) is 9.13 Å². The smallest absolute Gasteiger partial charge is 0.308 e. The summed E-state index contributed by atoms with van der Waals surface area (Å²) in [6.45, 7) is 5.74. The van der Waals surface area contributed by atoms with Crippen LogP contribution in [0.5, 0.6) is 0 Å². The molecule has 0 unspecified atom stereocenters. The first-order chi connectivity index (χ1) is 22.6. The highest BCUT2D eigenvalue weighted by Gasteiger charge is 2.32. The lowest BCUT2D eigenvalue weighted by molar-refractivity contribution is -0.137. The van der Waals surface area contributed by atoms with E-state index in [1.165, 1.54) is 12.1 Å². The average Bonchev–Trinajstić information content (AvgIpc) is 3.55. The summed E-state index contributed by atoms with van der Waals surface area (Å²) in [6, 6.07) is 38.8. The molecule has 8 rings (SSSR count). The molecular weight excluding hydrogens is 591 g/mol. The van der Waals surface area contributed by atoms with Gasteiger partial charge >= 0.3 is 6.18 Å². The van der Waals surface area contributed by atoms with Crippen LogP contribution in [-0.2, 0) is 6.18 Å². The molecule has 0 saturated heterocycles. The standard InChI is InChI=1S/C41H28F3N3/c1-24-12-14-32-30-8-4-6-10-34(30)46(36(32)18-24)38-20-27(23-45)21-39(40(38)28-16-26(3)17-29(22-28)41(42,43)44)47-35-11-7-5-9-31(35)33-15-13-25(2)19-37(33)47/h4-22H,1-3H3. The molecule has 3 nitrogen and oxygen atoms in total. The Morgan fingerprint density at radius 3 is 1.51 bits per heavy atom. The minimum absolute atomic E-state index is 0.402. The van der Waals surface area contributed by atoms with Crippen molar-refractivity contribution in [2.45, 2.75) is 26.9 Å². The van der Waals surface area contributed by atoms with Gasteiger partial charge in [0.25, 0.3) is 0 Å². The van der Waals surface area contributed by atoms with Gasteiger partial charge in [0.15, 0.2) is 0 Å². The molecular formula is C41H28F3N3. The van der Waals surface area contributed by atoms with Crippen molar-refractivity contribution >= 4 is 43.6 Å². The van der Waals surface area contributed by atoms with Crippen LogP contribution < -0.4 is 0 Å². The van der Waals surface area contributed by atoms with Crippen molar-refractivity contribution in [1.82, 2.24) is 9.13 Å². The van der Waals surface area contributed by atoms with E-state index in [1.807, 2.05) is 68.4 Å². The second kappa shape index (κ2) is 10.4. The number of rotatable bonds is 3. The fraction of sp³-hybridized carbons (Fsp3) is 0.0976. The highest BCUT2D eigenvalue weighted by Crippen LogP contribution is 2.44. The van der Waals surface area contributed by atoms with Gasteiger partial charge in [0, 0.05) is 27.1 Å². The molecule has 0 aliphatic carbocycles. The van der Waals surface area contributed by atoms with Crippen molar-refractivity contribution in [3.8, 4) is 28.6 Å². The van der Waals surface area contributed by atoms with E-state index in [0.717, 1.165) is 54.7 Å². The maximum absolute atomic E-state index is 14.4. The number of nitriles is 1. The van der Waals surface area contributed by atoms with Gasteiger partial charge in [-0.15, -0.1) is 0 Å². The monoisotopic (exact) mass is 619 g/mol. The van der Waals surface area contributed by atoms with Crippen molar-refractivity contribution in [2.75, 3.05) is 0 Å². The first kappa shape index (κ1) is 28.7. The molecule has 0 aliphatic rings. The Morgan fingerprint density at radius 2 is 1.02 bits per heavy atom. The second-order valence-electron chi connectivity index (χ2n) is 12.3. The predicted molar refractivity (Wildman–Crippen MR) is 184 cm³/mol. The summed E-state index contributed by atoms with van der Waals surface area (Å²) in [5, 5.41) is 14.5. The van der Waals surface area contributed by atoms with E-state index in [9.17, 15) is 18.4 Å². The van der Waals surface area contributed by atoms with E-state index >= 15 is 0 Å². The maximum Gasteiger partial charge on any atom is 0.416 e. The Balaban J connectivity index is 1.63. The second-order valence-corrected chi connectivity index (χ2v) is 12.3. The summed E-state index contributed by atoms with van der Waals surface area (Å²) in [5.41, 5.74) is 8.19. The van der Waals surface area contributed by atoms with E-state index in [2.05, 4.69) is 63.7 Å². The van der Waals surface area contributed by atoms with Crippen LogP contribution in [0.1, 0.15) is 27.8 Å². The SMILES string of the molecule is Cc1cc(-c2c(-n3c4ccccc4c4ccc(C)cc43)cc(C#N)cc2-n2c3ccccc3c3ccc(C)cc32)cc(C(F)(F)F)c1. The molecule has 0 atom stereocenters. The molecule has 0 amide bonds. The third-order valence-electron chi connectivity index (χ3n) is 9.06. The normalized spacial score (nSPS) is 12.0. The Labute approximate surface area is 269 Å². The van der Waals surface area contributed by atoms with Crippen LogP contribution in [0.2, 0.25) is 0 Å². The molecule has 0 N–H and O–H groups in total. The molecule has 0 radical (unpaired) electrons. The molecule has 0 spiro atoms. The molecule has 0 saturated carbocycles. The van der Waals surface area contributed by atoms with Crippen molar-refractivity contribution in [1.29, 1.82) is 5.26 Å². The summed E-state index contributed by atoms with van der Waals surface area (Å²) >= 11 is 0. The van der Waals surface area contributed by atoms with Crippen LogP contribution >= 0.6 is 0 Å². The lowest BCUT2D eigenvalue weighted by atomic mass is 9.95. The van der Waals surface area contributed by atoms with E-state index in [1.54, 1.807) is 6.92 Å². The maximum atomic E-state index is 14.4. The summed E-state index contributed by atoms with van der Waals surface area (Å²) in [4.78, 5) is 0. The van der Waals surface area contributed by atoms with Crippen molar-refractivity contribution in [3.63, 3.8) is 0 Å². The van der Waals surface area contributed by atoms with E-state index < -0.39 is 11.7 Å². The summed E-state index contributed by atoms with van der Waals surface area (Å²) < 4.78 is 47.4. The molecule has 2 heterocycles. The Kier molecular flexibility index (Phi) is 6.32. The number of hydrogen-bond donors (Lipinski definition) is 0. The van der Waals surface area contributed by atoms with Crippen molar-refractivity contribution in [3.05, 3.63) is 143 Å². The van der Waals surface area contributed by atoms with Gasteiger partial charge in [-0.3, -0.25) is 0 Å². The predicted octanol–water partition coefficient (Wildman–Crippen LogP) is 11.4. The van der Waals surface area contributed by atoms with Crippen LogP contribution in [0.4, 0.5) is 13.2 Å². The van der Waals surface area contributed by atoms with Crippen LogP contribution in [0.15, 0.2) is 115 Å². The first-order valence-electron chi connectivity index (χ1n) is 15.4. The molecule has 228 valence electrons. The number of aromatic nitrogens is 2. The van der Waals surface area contributed by atoms with Gasteiger partial charge in [-0.2, -0.15) is 18.4 Å². The molecule has 6 heteroatoms. The van der Waals surface area contributed by atoms with Gasteiger partial charge in [-0.05, 0) is 91.6 Å². The zero-order valence-corrected chi connectivity index (χ0v) is 25.9. The topological polar surface area (TPSA) is 33.6 Å². The fourth-order valence-corrected chi connectivity index (χ4v) is 7.10. The largest absolute Gasteiger partial charge is 0.416 e. The number of fused-ring (bicyclic) bond motifs is 6. The highest BCUT2D eigenvalue weighted by atomic mass is 19.4. The summed E-state index contributed by atoms with van der Waals surface area (Å²) in [6.07, 6.45) is -4.54. The van der Waals surface area contributed by atoms with Gasteiger partial charge in [-0.25, -0.2) is 0 Å². The van der Waals surface area contributed by atoms with Crippen LogP contribution in [0, 0.1) is 32.1 Å². The first-order valence-corrected chi connectivity index (χ1v) is 15.4. The van der Waals surface area contributed by atoms with Gasteiger partial charge < -0.3 is 9.13 Å². The number of aryl methyl sites for hydroxylation is 3. The lowest BCUT2D eigenvalue weighted by Gasteiger charge is -2.22. The quantitative estimate of drug-likeness (QED) is 0.194. The molecule has 0 fully saturated rings. The number of halogens is 3. The number of benzene rings is 6. The third kappa shape index (κ3) is 4.50. The Hall–Kier alpha value is -5.80. The fourth-order valence-electron chi connectivity index (χ4n) is 7.10. The zero-order valence-electron chi connectivity index (χ0n) is 25.9. The van der Waals surface area contributed by atoms with E-state index in [4.69, 9.17) is 0 Å². The van der Waals surface area contributed by atoms with Gasteiger partial charge in [0.1, 0.15) is 0 Å². The zero-order chi connectivity index (χ0) is 32.6.